The summed E-state index contributed by atoms with van der Waals surface area (Å²) >= 11 is 5.63. The molecule has 0 saturated heterocycles. The fourth-order valence-electron chi connectivity index (χ4n) is 0.718. The lowest BCUT2D eigenvalue weighted by atomic mass is 10.5. The SMILES string of the molecule is C=Cn1nc(Cl)ccc1=NC. The van der Waals surface area contributed by atoms with Gasteiger partial charge in [-0.15, -0.1) is 0 Å². The maximum Gasteiger partial charge on any atom is 0.150 e. The molecule has 0 radical (unpaired) electrons. The zero-order valence-corrected chi connectivity index (χ0v) is 6.91. The molecule has 0 N–H and O–H groups in total. The third-order valence-electron chi connectivity index (χ3n) is 1.21. The van der Waals surface area contributed by atoms with E-state index in [1.807, 2.05) is 0 Å². The van der Waals surface area contributed by atoms with Crippen LogP contribution in [0.15, 0.2) is 23.7 Å². The smallest absolute Gasteiger partial charge is 0.150 e. The van der Waals surface area contributed by atoms with Gasteiger partial charge in [-0.2, -0.15) is 5.10 Å². The molecule has 0 unspecified atom stereocenters. The molecule has 0 aliphatic rings. The van der Waals surface area contributed by atoms with E-state index in [0.717, 1.165) is 5.49 Å². The van der Waals surface area contributed by atoms with Crippen LogP contribution in [-0.2, 0) is 0 Å². The van der Waals surface area contributed by atoms with Crippen molar-refractivity contribution in [2.75, 3.05) is 7.05 Å². The first-order valence-corrected chi connectivity index (χ1v) is 3.46. The van der Waals surface area contributed by atoms with Gasteiger partial charge < -0.3 is 0 Å². The van der Waals surface area contributed by atoms with Crippen molar-refractivity contribution in [1.29, 1.82) is 0 Å². The van der Waals surface area contributed by atoms with Crippen molar-refractivity contribution in [3.8, 4) is 0 Å². The molecule has 0 aliphatic carbocycles. The molecule has 0 bridgehead atoms. The minimum absolute atomic E-state index is 0.428. The standard InChI is InChI=1S/C7H8ClN3/c1-3-11-7(9-2)5-4-6(8)10-11/h3-5H,1H2,2H3. The number of nitrogens with zero attached hydrogens (tertiary/aromatic N) is 3. The zero-order valence-electron chi connectivity index (χ0n) is 6.16. The molecular formula is C7H8ClN3. The van der Waals surface area contributed by atoms with E-state index >= 15 is 0 Å². The molecule has 11 heavy (non-hydrogen) atoms. The lowest BCUT2D eigenvalue weighted by molar-refractivity contribution is 0.825. The highest BCUT2D eigenvalue weighted by molar-refractivity contribution is 6.29. The minimum Gasteiger partial charge on any atom is -0.270 e. The van der Waals surface area contributed by atoms with E-state index in [1.165, 1.54) is 4.68 Å². The lowest BCUT2D eigenvalue weighted by Gasteiger charge is -1.97. The highest BCUT2D eigenvalue weighted by atomic mass is 35.5. The summed E-state index contributed by atoms with van der Waals surface area (Å²) in [6.45, 7) is 3.56. The molecule has 3 nitrogen and oxygen atoms in total. The van der Waals surface area contributed by atoms with Gasteiger partial charge in [-0.05, 0) is 12.1 Å². The van der Waals surface area contributed by atoms with Crippen molar-refractivity contribution in [2.24, 2.45) is 4.99 Å². The molecule has 1 aromatic rings. The normalized spacial score (nSPS) is 11.6. The summed E-state index contributed by atoms with van der Waals surface area (Å²) in [5, 5.41) is 4.36. The molecule has 0 aromatic carbocycles. The van der Waals surface area contributed by atoms with Gasteiger partial charge in [-0.1, -0.05) is 18.2 Å². The first-order chi connectivity index (χ1) is 5.27. The van der Waals surface area contributed by atoms with E-state index < -0.39 is 0 Å². The topological polar surface area (TPSA) is 30.2 Å². The molecule has 0 amide bonds. The van der Waals surface area contributed by atoms with Crippen molar-refractivity contribution >= 4 is 17.8 Å². The summed E-state index contributed by atoms with van der Waals surface area (Å²) in [4.78, 5) is 3.95. The fourth-order valence-corrected chi connectivity index (χ4v) is 0.863. The van der Waals surface area contributed by atoms with Crippen LogP contribution in [-0.4, -0.2) is 16.8 Å². The number of hydrogen-bond acceptors (Lipinski definition) is 2. The van der Waals surface area contributed by atoms with Crippen LogP contribution in [0.4, 0.5) is 0 Å². The largest absolute Gasteiger partial charge is 0.270 e. The minimum atomic E-state index is 0.428. The van der Waals surface area contributed by atoms with Gasteiger partial charge in [-0.3, -0.25) is 4.99 Å². The van der Waals surface area contributed by atoms with Gasteiger partial charge in [0.25, 0.3) is 0 Å². The first kappa shape index (κ1) is 8.01. The van der Waals surface area contributed by atoms with Gasteiger partial charge in [0.2, 0.25) is 0 Å². The van der Waals surface area contributed by atoms with Crippen LogP contribution in [0.3, 0.4) is 0 Å². The summed E-state index contributed by atoms with van der Waals surface area (Å²) in [5.41, 5.74) is 0.726. The lowest BCUT2D eigenvalue weighted by Crippen LogP contribution is -2.18. The van der Waals surface area contributed by atoms with Crippen LogP contribution in [0.25, 0.3) is 6.20 Å². The molecule has 1 rings (SSSR count). The average molecular weight is 170 g/mol. The van der Waals surface area contributed by atoms with Crippen LogP contribution in [0.1, 0.15) is 0 Å². The Labute approximate surface area is 69.7 Å². The van der Waals surface area contributed by atoms with Crippen molar-refractivity contribution in [3.05, 3.63) is 29.4 Å². The third kappa shape index (κ3) is 1.68. The van der Waals surface area contributed by atoms with Gasteiger partial charge in [-0.25, -0.2) is 4.68 Å². The summed E-state index contributed by atoms with van der Waals surface area (Å²) in [6.07, 6.45) is 1.55. The Morgan fingerprint density at radius 2 is 2.45 bits per heavy atom. The molecule has 0 saturated carbocycles. The van der Waals surface area contributed by atoms with Crippen molar-refractivity contribution in [1.82, 2.24) is 9.78 Å². The van der Waals surface area contributed by atoms with Crippen molar-refractivity contribution < 1.29 is 0 Å². The molecule has 58 valence electrons. The predicted molar refractivity (Wildman–Crippen MR) is 45.1 cm³/mol. The van der Waals surface area contributed by atoms with Gasteiger partial charge in [0.15, 0.2) is 0 Å². The van der Waals surface area contributed by atoms with Crippen LogP contribution in [0, 0.1) is 0 Å². The first-order valence-electron chi connectivity index (χ1n) is 3.08. The summed E-state index contributed by atoms with van der Waals surface area (Å²) in [6, 6.07) is 3.46. The van der Waals surface area contributed by atoms with E-state index in [1.54, 1.807) is 25.4 Å². The summed E-state index contributed by atoms with van der Waals surface area (Å²) < 4.78 is 1.52. The van der Waals surface area contributed by atoms with Crippen molar-refractivity contribution in [3.63, 3.8) is 0 Å². The highest BCUT2D eigenvalue weighted by Gasteiger charge is 1.90. The maximum absolute atomic E-state index is 5.63. The Morgan fingerprint density at radius 3 is 3.00 bits per heavy atom. The Hall–Kier alpha value is -1.09. The summed E-state index contributed by atoms with van der Waals surface area (Å²) in [7, 11) is 1.69. The number of hydrogen-bond donors (Lipinski definition) is 0. The molecule has 0 spiro atoms. The predicted octanol–water partition coefficient (Wildman–Crippen LogP) is 1.17. The van der Waals surface area contributed by atoms with Gasteiger partial charge in [0.1, 0.15) is 10.6 Å². The second-order valence-electron chi connectivity index (χ2n) is 1.87. The van der Waals surface area contributed by atoms with Gasteiger partial charge >= 0.3 is 0 Å². The van der Waals surface area contributed by atoms with Crippen LogP contribution < -0.4 is 5.49 Å². The zero-order chi connectivity index (χ0) is 8.27. The van der Waals surface area contributed by atoms with E-state index in [-0.39, 0.29) is 0 Å². The van der Waals surface area contributed by atoms with E-state index in [4.69, 9.17) is 11.6 Å². The molecule has 0 aliphatic heterocycles. The van der Waals surface area contributed by atoms with Crippen LogP contribution in [0.5, 0.6) is 0 Å². The quantitative estimate of drug-likeness (QED) is 0.621. The Bertz CT molecular complexity index is 327. The fraction of sp³-hybridized carbons (Fsp3) is 0.143. The van der Waals surface area contributed by atoms with E-state index in [0.29, 0.717) is 5.15 Å². The average Bonchev–Trinajstić information content (AvgIpc) is 2.04. The van der Waals surface area contributed by atoms with Gasteiger partial charge in [0, 0.05) is 13.2 Å². The number of aromatic nitrogens is 2. The van der Waals surface area contributed by atoms with Crippen molar-refractivity contribution in [2.45, 2.75) is 0 Å². The van der Waals surface area contributed by atoms with Crippen LogP contribution >= 0.6 is 11.6 Å². The Morgan fingerprint density at radius 1 is 1.73 bits per heavy atom. The van der Waals surface area contributed by atoms with E-state index in [2.05, 4.69) is 16.7 Å². The maximum atomic E-state index is 5.63. The highest BCUT2D eigenvalue weighted by Crippen LogP contribution is 1.97. The molecule has 0 fully saturated rings. The Kier molecular flexibility index (Phi) is 2.44. The molecule has 1 heterocycles. The third-order valence-corrected chi connectivity index (χ3v) is 1.41. The molecular weight excluding hydrogens is 162 g/mol. The second-order valence-corrected chi connectivity index (χ2v) is 2.25. The molecule has 4 heteroatoms. The van der Waals surface area contributed by atoms with Crippen LogP contribution in [0.2, 0.25) is 5.15 Å². The molecule has 0 atom stereocenters. The summed E-state index contributed by atoms with van der Waals surface area (Å²) in [5.74, 6) is 0. The van der Waals surface area contributed by atoms with Gasteiger partial charge in [0.05, 0.1) is 0 Å². The molecule has 1 aromatic heterocycles. The monoisotopic (exact) mass is 169 g/mol. The van der Waals surface area contributed by atoms with E-state index in [9.17, 15) is 0 Å². The number of rotatable bonds is 1. The Balaban J connectivity index is 3.40. The number of halogens is 1. The second kappa shape index (κ2) is 3.34.